The number of nitrogens with two attached hydrogens (primary N) is 1. The van der Waals surface area contributed by atoms with Gasteiger partial charge in [0.15, 0.2) is 5.69 Å². The molecule has 0 aliphatic rings. The van der Waals surface area contributed by atoms with Crippen molar-refractivity contribution in [1.82, 2.24) is 9.78 Å². The van der Waals surface area contributed by atoms with E-state index in [1.165, 1.54) is 20.2 Å². The van der Waals surface area contributed by atoms with Crippen molar-refractivity contribution in [3.63, 3.8) is 0 Å². The Bertz CT molecular complexity index is 300. The molecule has 1 aromatic heterocycles. The molecule has 0 fully saturated rings. The Kier molecular flexibility index (Phi) is 2.34. The number of nitrogens with zero attached hydrogens (tertiary/aromatic N) is 2. The van der Waals surface area contributed by atoms with Gasteiger partial charge in [0.05, 0.1) is 0 Å². The van der Waals surface area contributed by atoms with Gasteiger partial charge < -0.3 is 5.73 Å². The van der Waals surface area contributed by atoms with E-state index in [1.807, 2.05) is 0 Å². The molecule has 1 atom stereocenters. The van der Waals surface area contributed by atoms with Crippen LogP contribution < -0.4 is 5.73 Å². The molecule has 0 aliphatic heterocycles. The summed E-state index contributed by atoms with van der Waals surface area (Å²) in [4.78, 5) is 0. The molecule has 6 heteroatoms. The SMILES string of the molecule is C[C@H](N)c1cn(C)nc1C(F)(F)F. The molecule has 1 aromatic rings. The molecule has 0 spiro atoms. The molecule has 0 radical (unpaired) electrons. The number of hydrogen-bond acceptors (Lipinski definition) is 2. The van der Waals surface area contributed by atoms with Gasteiger partial charge in [0.2, 0.25) is 0 Å². The highest BCUT2D eigenvalue weighted by molar-refractivity contribution is 5.22. The Balaban J connectivity index is 3.20. The van der Waals surface area contributed by atoms with Gasteiger partial charge in [0.1, 0.15) is 0 Å². The van der Waals surface area contributed by atoms with Crippen molar-refractivity contribution in [2.75, 3.05) is 0 Å². The topological polar surface area (TPSA) is 43.8 Å². The van der Waals surface area contributed by atoms with Crippen molar-refractivity contribution in [1.29, 1.82) is 0 Å². The molecule has 0 amide bonds. The Hall–Kier alpha value is -1.04. The number of aromatic nitrogens is 2. The second kappa shape index (κ2) is 3.02. The van der Waals surface area contributed by atoms with Gasteiger partial charge in [-0.3, -0.25) is 4.68 Å². The predicted molar refractivity (Wildman–Crippen MR) is 40.8 cm³/mol. The lowest BCUT2D eigenvalue weighted by atomic mass is 10.1. The maximum atomic E-state index is 12.3. The smallest absolute Gasteiger partial charge is 0.324 e. The summed E-state index contributed by atoms with van der Waals surface area (Å²) in [5.41, 5.74) is 4.50. The zero-order chi connectivity index (χ0) is 10.2. The van der Waals surface area contributed by atoms with Gasteiger partial charge in [-0.1, -0.05) is 0 Å². The number of rotatable bonds is 1. The summed E-state index contributed by atoms with van der Waals surface area (Å²) in [7, 11) is 1.43. The Morgan fingerprint density at radius 1 is 1.54 bits per heavy atom. The minimum absolute atomic E-state index is 0.0231. The van der Waals surface area contributed by atoms with Crippen LogP contribution >= 0.6 is 0 Å². The summed E-state index contributed by atoms with van der Waals surface area (Å²) in [6.45, 7) is 1.49. The predicted octanol–water partition coefficient (Wildman–Crippen LogP) is 1.46. The summed E-state index contributed by atoms with van der Waals surface area (Å²) < 4.78 is 38.0. The summed E-state index contributed by atoms with van der Waals surface area (Å²) in [6.07, 6.45) is -3.14. The van der Waals surface area contributed by atoms with Gasteiger partial charge in [-0.25, -0.2) is 0 Å². The van der Waals surface area contributed by atoms with Crippen molar-refractivity contribution in [3.8, 4) is 0 Å². The van der Waals surface area contributed by atoms with Crippen molar-refractivity contribution in [3.05, 3.63) is 17.5 Å². The van der Waals surface area contributed by atoms with Crippen LogP contribution in [0, 0.1) is 0 Å². The standard InChI is InChI=1S/C7H10F3N3/c1-4(11)5-3-13(2)12-6(5)7(8,9)10/h3-4H,11H2,1-2H3/t4-/m0/s1. The molecule has 0 saturated carbocycles. The van der Waals surface area contributed by atoms with Crippen LogP contribution in [0.3, 0.4) is 0 Å². The summed E-state index contributed by atoms with van der Waals surface area (Å²) in [5, 5.41) is 3.31. The van der Waals surface area contributed by atoms with E-state index >= 15 is 0 Å². The molecule has 2 N–H and O–H groups in total. The van der Waals surface area contributed by atoms with E-state index in [2.05, 4.69) is 5.10 Å². The zero-order valence-corrected chi connectivity index (χ0v) is 7.26. The highest BCUT2D eigenvalue weighted by atomic mass is 19.4. The van der Waals surface area contributed by atoms with Crippen LogP contribution in [0.25, 0.3) is 0 Å². The lowest BCUT2D eigenvalue weighted by Crippen LogP contribution is -2.14. The summed E-state index contributed by atoms with van der Waals surface area (Å²) in [5.74, 6) is 0. The second-order valence-electron chi connectivity index (χ2n) is 2.89. The van der Waals surface area contributed by atoms with Gasteiger partial charge >= 0.3 is 6.18 Å². The van der Waals surface area contributed by atoms with Crippen LogP contribution in [0.2, 0.25) is 0 Å². The monoisotopic (exact) mass is 193 g/mol. The van der Waals surface area contributed by atoms with Gasteiger partial charge in [-0.2, -0.15) is 18.3 Å². The molecule has 74 valence electrons. The summed E-state index contributed by atoms with van der Waals surface area (Å²) in [6, 6.07) is -0.662. The quantitative estimate of drug-likeness (QED) is 0.733. The maximum absolute atomic E-state index is 12.3. The van der Waals surface area contributed by atoms with Crippen LogP contribution in [0.5, 0.6) is 0 Å². The molecule has 0 saturated heterocycles. The fourth-order valence-corrected chi connectivity index (χ4v) is 1.06. The molecule has 13 heavy (non-hydrogen) atoms. The maximum Gasteiger partial charge on any atom is 0.435 e. The van der Waals surface area contributed by atoms with Gasteiger partial charge in [-0.05, 0) is 6.92 Å². The Morgan fingerprint density at radius 3 is 2.38 bits per heavy atom. The molecule has 1 rings (SSSR count). The van der Waals surface area contributed by atoms with E-state index in [0.29, 0.717) is 0 Å². The third kappa shape index (κ3) is 2.00. The summed E-state index contributed by atoms with van der Waals surface area (Å²) >= 11 is 0. The average Bonchev–Trinajstić information content (AvgIpc) is 2.29. The first-order valence-corrected chi connectivity index (χ1v) is 3.68. The zero-order valence-electron chi connectivity index (χ0n) is 7.26. The lowest BCUT2D eigenvalue weighted by Gasteiger charge is -2.07. The van der Waals surface area contributed by atoms with E-state index < -0.39 is 17.9 Å². The molecular weight excluding hydrogens is 183 g/mol. The molecule has 0 bridgehead atoms. The number of alkyl halides is 3. The third-order valence-corrected chi connectivity index (χ3v) is 1.62. The van der Waals surface area contributed by atoms with Crippen LogP contribution in [0.1, 0.15) is 24.2 Å². The largest absolute Gasteiger partial charge is 0.435 e. The third-order valence-electron chi connectivity index (χ3n) is 1.62. The fourth-order valence-electron chi connectivity index (χ4n) is 1.06. The van der Waals surface area contributed by atoms with E-state index in [1.54, 1.807) is 0 Å². The first-order valence-electron chi connectivity index (χ1n) is 3.68. The first kappa shape index (κ1) is 10.0. The number of aryl methyl sites for hydroxylation is 1. The lowest BCUT2D eigenvalue weighted by molar-refractivity contribution is -0.142. The van der Waals surface area contributed by atoms with Crippen molar-refractivity contribution in [2.45, 2.75) is 19.1 Å². The van der Waals surface area contributed by atoms with Crippen molar-refractivity contribution >= 4 is 0 Å². The van der Waals surface area contributed by atoms with Gasteiger partial charge in [0.25, 0.3) is 0 Å². The highest BCUT2D eigenvalue weighted by Crippen LogP contribution is 2.32. The van der Waals surface area contributed by atoms with Crippen molar-refractivity contribution in [2.24, 2.45) is 12.8 Å². The molecule has 1 heterocycles. The number of halogens is 3. The minimum Gasteiger partial charge on any atom is -0.324 e. The molecule has 0 aromatic carbocycles. The molecular formula is C7H10F3N3. The minimum atomic E-state index is -4.43. The van der Waals surface area contributed by atoms with E-state index in [-0.39, 0.29) is 5.56 Å². The molecule has 0 aliphatic carbocycles. The van der Waals surface area contributed by atoms with Crippen LogP contribution in [-0.4, -0.2) is 9.78 Å². The molecule has 3 nitrogen and oxygen atoms in total. The Morgan fingerprint density at radius 2 is 2.08 bits per heavy atom. The van der Waals surface area contributed by atoms with E-state index in [9.17, 15) is 13.2 Å². The fraction of sp³-hybridized carbons (Fsp3) is 0.571. The van der Waals surface area contributed by atoms with E-state index in [0.717, 1.165) is 4.68 Å². The normalized spacial score (nSPS) is 14.6. The highest BCUT2D eigenvalue weighted by Gasteiger charge is 2.37. The van der Waals surface area contributed by atoms with Crippen LogP contribution in [-0.2, 0) is 13.2 Å². The molecule has 0 unspecified atom stereocenters. The van der Waals surface area contributed by atoms with Gasteiger partial charge in [0, 0.05) is 24.8 Å². The first-order chi connectivity index (χ1) is 5.82. The van der Waals surface area contributed by atoms with E-state index in [4.69, 9.17) is 5.73 Å². The Labute approximate surface area is 73.3 Å². The number of hydrogen-bond donors (Lipinski definition) is 1. The van der Waals surface area contributed by atoms with Crippen LogP contribution in [0.4, 0.5) is 13.2 Å². The van der Waals surface area contributed by atoms with Gasteiger partial charge in [-0.15, -0.1) is 0 Å². The van der Waals surface area contributed by atoms with Crippen molar-refractivity contribution < 1.29 is 13.2 Å². The second-order valence-corrected chi connectivity index (χ2v) is 2.89. The van der Waals surface area contributed by atoms with Crippen LogP contribution in [0.15, 0.2) is 6.20 Å². The average molecular weight is 193 g/mol.